The maximum atomic E-state index is 12.7. The number of Topliss-reactive ketones (excluding diaryl/α,β-unsaturated/α-hetero) is 1. The molecule has 2 aromatic rings. The second kappa shape index (κ2) is 11.2. The Hall–Kier alpha value is -2.79. The molecule has 170 valence electrons. The number of rotatable bonds is 8. The van der Waals surface area contributed by atoms with E-state index in [1.165, 1.54) is 0 Å². The Bertz CT molecular complexity index is 976. The van der Waals surface area contributed by atoms with E-state index in [4.69, 9.17) is 21.1 Å². The third kappa shape index (κ3) is 5.92. The summed E-state index contributed by atoms with van der Waals surface area (Å²) < 4.78 is 11.1. The number of carbonyl (C=O) groups excluding carboxylic acids is 2. The summed E-state index contributed by atoms with van der Waals surface area (Å²) in [5, 5.41) is 0.445. The van der Waals surface area contributed by atoms with Crippen LogP contribution < -0.4 is 9.47 Å². The Balaban J connectivity index is 1.59. The molecule has 0 atom stereocenters. The highest BCUT2D eigenvalue weighted by Gasteiger charge is 2.27. The highest BCUT2D eigenvalue weighted by atomic mass is 35.5. The van der Waals surface area contributed by atoms with Gasteiger partial charge in [0.15, 0.2) is 17.3 Å². The van der Waals surface area contributed by atoms with Crippen molar-refractivity contribution in [3.8, 4) is 11.5 Å². The minimum absolute atomic E-state index is 0.0375. The highest BCUT2D eigenvalue weighted by Crippen LogP contribution is 2.37. The topological polar surface area (TPSA) is 55.8 Å². The number of amides is 1. The Kier molecular flexibility index (Phi) is 8.34. The number of benzene rings is 2. The van der Waals surface area contributed by atoms with Crippen molar-refractivity contribution < 1.29 is 19.1 Å². The minimum atomic E-state index is -0.0763. The summed E-state index contributed by atoms with van der Waals surface area (Å²) in [7, 11) is 1.56. The number of ether oxygens (including phenoxy) is 2. The van der Waals surface area contributed by atoms with Crippen LogP contribution >= 0.6 is 11.6 Å². The van der Waals surface area contributed by atoms with Crippen molar-refractivity contribution in [2.24, 2.45) is 5.92 Å². The maximum Gasteiger partial charge on any atom is 0.246 e. The first-order chi connectivity index (χ1) is 15.4. The zero-order valence-electron chi connectivity index (χ0n) is 18.9. The lowest BCUT2D eigenvalue weighted by Gasteiger charge is -2.30. The molecule has 1 aliphatic heterocycles. The van der Waals surface area contributed by atoms with Crippen LogP contribution in [0.25, 0.3) is 6.08 Å². The molecule has 2 aromatic carbocycles. The SMILES string of the molecule is CCCOc1c(Cl)cc(/C=C/C(=O)N2CCC(C(=O)c3ccc(C)cc3)CC2)cc1OC. The number of carbonyl (C=O) groups is 2. The van der Waals surface area contributed by atoms with Gasteiger partial charge in [-0.15, -0.1) is 0 Å². The predicted molar refractivity (Wildman–Crippen MR) is 128 cm³/mol. The summed E-state index contributed by atoms with van der Waals surface area (Å²) in [5.41, 5.74) is 2.64. The number of ketones is 1. The van der Waals surface area contributed by atoms with Gasteiger partial charge in [0.2, 0.25) is 5.91 Å². The predicted octanol–water partition coefficient (Wildman–Crippen LogP) is 5.58. The van der Waals surface area contributed by atoms with Crippen LogP contribution in [-0.4, -0.2) is 43.4 Å². The van der Waals surface area contributed by atoms with E-state index >= 15 is 0 Å². The first-order valence-electron chi connectivity index (χ1n) is 11.0. The van der Waals surface area contributed by atoms with Gasteiger partial charge in [-0.3, -0.25) is 9.59 Å². The standard InChI is InChI=1S/C26H30ClNO4/c1-4-15-32-26-22(27)16-19(17-23(26)31-3)7-10-24(29)28-13-11-21(12-14-28)25(30)20-8-5-18(2)6-9-20/h5-10,16-17,21H,4,11-15H2,1-3H3/b10-7+. The number of nitrogens with zero attached hydrogens (tertiary/aromatic N) is 1. The number of aryl methyl sites for hydroxylation is 1. The van der Waals surface area contributed by atoms with E-state index in [9.17, 15) is 9.59 Å². The number of likely N-dealkylation sites (tertiary alicyclic amines) is 1. The van der Waals surface area contributed by atoms with Crippen LogP contribution in [0.4, 0.5) is 0 Å². The lowest BCUT2D eigenvalue weighted by Crippen LogP contribution is -2.39. The van der Waals surface area contributed by atoms with Crippen molar-refractivity contribution in [3.63, 3.8) is 0 Å². The van der Waals surface area contributed by atoms with Crippen molar-refractivity contribution in [1.82, 2.24) is 4.90 Å². The van der Waals surface area contributed by atoms with Crippen molar-refractivity contribution in [2.45, 2.75) is 33.1 Å². The van der Waals surface area contributed by atoms with Gasteiger partial charge in [-0.2, -0.15) is 0 Å². The summed E-state index contributed by atoms with van der Waals surface area (Å²) in [4.78, 5) is 27.2. The van der Waals surface area contributed by atoms with Crippen LogP contribution in [0, 0.1) is 12.8 Å². The quantitative estimate of drug-likeness (QED) is 0.385. The summed E-state index contributed by atoms with van der Waals surface area (Å²) in [6.07, 6.45) is 5.48. The van der Waals surface area contributed by atoms with Gasteiger partial charge in [-0.1, -0.05) is 48.4 Å². The number of hydrogen-bond acceptors (Lipinski definition) is 4. The molecule has 0 aliphatic carbocycles. The highest BCUT2D eigenvalue weighted by molar-refractivity contribution is 6.32. The lowest BCUT2D eigenvalue weighted by molar-refractivity contribution is -0.127. The summed E-state index contributed by atoms with van der Waals surface area (Å²) in [5.74, 6) is 1.10. The Labute approximate surface area is 195 Å². The van der Waals surface area contributed by atoms with Crippen molar-refractivity contribution in [3.05, 3.63) is 64.2 Å². The Morgan fingerprint density at radius 2 is 1.84 bits per heavy atom. The monoisotopic (exact) mass is 455 g/mol. The van der Waals surface area contributed by atoms with Crippen molar-refractivity contribution in [2.75, 3.05) is 26.8 Å². The minimum Gasteiger partial charge on any atom is -0.493 e. The molecule has 0 N–H and O–H groups in total. The molecule has 0 aromatic heterocycles. The molecule has 0 spiro atoms. The van der Waals surface area contributed by atoms with E-state index in [1.807, 2.05) is 38.1 Å². The zero-order valence-corrected chi connectivity index (χ0v) is 19.7. The van der Waals surface area contributed by atoms with Gasteiger partial charge < -0.3 is 14.4 Å². The summed E-state index contributed by atoms with van der Waals surface area (Å²) >= 11 is 6.35. The Morgan fingerprint density at radius 1 is 1.16 bits per heavy atom. The summed E-state index contributed by atoms with van der Waals surface area (Å²) in [6.45, 7) is 5.71. The van der Waals surface area contributed by atoms with Crippen LogP contribution in [0.5, 0.6) is 11.5 Å². The average Bonchev–Trinajstić information content (AvgIpc) is 2.81. The van der Waals surface area contributed by atoms with Gasteiger partial charge in [-0.25, -0.2) is 0 Å². The first kappa shape index (κ1) is 23.9. The first-order valence-corrected chi connectivity index (χ1v) is 11.4. The molecule has 1 saturated heterocycles. The molecule has 32 heavy (non-hydrogen) atoms. The van der Waals surface area contributed by atoms with Crippen molar-refractivity contribution in [1.29, 1.82) is 0 Å². The molecule has 1 amide bonds. The van der Waals surface area contributed by atoms with E-state index in [2.05, 4.69) is 0 Å². The van der Waals surface area contributed by atoms with Crippen LogP contribution in [-0.2, 0) is 4.79 Å². The number of piperidine rings is 1. The number of halogens is 1. The van der Waals surface area contributed by atoms with Crippen LogP contribution in [0.3, 0.4) is 0 Å². The number of methoxy groups -OCH3 is 1. The molecule has 1 aliphatic rings. The second-order valence-corrected chi connectivity index (χ2v) is 8.45. The normalized spacial score (nSPS) is 14.6. The molecule has 5 nitrogen and oxygen atoms in total. The van der Waals surface area contributed by atoms with Gasteiger partial charge >= 0.3 is 0 Å². The van der Waals surface area contributed by atoms with E-state index < -0.39 is 0 Å². The molecular weight excluding hydrogens is 426 g/mol. The van der Waals surface area contributed by atoms with Gasteiger partial charge in [-0.05, 0) is 50.0 Å². The smallest absolute Gasteiger partial charge is 0.246 e. The average molecular weight is 456 g/mol. The molecule has 0 saturated carbocycles. The third-order valence-electron chi connectivity index (χ3n) is 5.63. The van der Waals surface area contributed by atoms with Gasteiger partial charge in [0, 0.05) is 30.6 Å². The van der Waals surface area contributed by atoms with Crippen LogP contribution in [0.2, 0.25) is 5.02 Å². The lowest BCUT2D eigenvalue weighted by atomic mass is 9.88. The maximum absolute atomic E-state index is 12.7. The molecule has 1 fully saturated rings. The zero-order chi connectivity index (χ0) is 23.1. The van der Waals surface area contributed by atoms with E-state index in [0.29, 0.717) is 49.1 Å². The van der Waals surface area contributed by atoms with E-state index in [1.54, 1.807) is 36.3 Å². The summed E-state index contributed by atoms with van der Waals surface area (Å²) in [6, 6.07) is 11.2. The Morgan fingerprint density at radius 3 is 2.47 bits per heavy atom. The molecular formula is C26H30ClNO4. The second-order valence-electron chi connectivity index (χ2n) is 8.05. The van der Waals surface area contributed by atoms with E-state index in [0.717, 1.165) is 23.1 Å². The fourth-order valence-corrected chi connectivity index (χ4v) is 4.04. The molecule has 0 bridgehead atoms. The van der Waals surface area contributed by atoms with Gasteiger partial charge in [0.25, 0.3) is 0 Å². The van der Waals surface area contributed by atoms with Crippen molar-refractivity contribution >= 4 is 29.4 Å². The van der Waals surface area contributed by atoms with E-state index in [-0.39, 0.29) is 17.6 Å². The fraction of sp³-hybridized carbons (Fsp3) is 0.385. The molecule has 1 heterocycles. The fourth-order valence-electron chi connectivity index (χ4n) is 3.77. The molecule has 0 unspecified atom stereocenters. The molecule has 3 rings (SSSR count). The third-order valence-corrected chi connectivity index (χ3v) is 5.91. The molecule has 6 heteroatoms. The largest absolute Gasteiger partial charge is 0.493 e. The van der Waals surface area contributed by atoms with Crippen LogP contribution in [0.15, 0.2) is 42.5 Å². The number of hydrogen-bond donors (Lipinski definition) is 0. The van der Waals surface area contributed by atoms with Gasteiger partial charge in [0.1, 0.15) is 0 Å². The van der Waals surface area contributed by atoms with Crippen LogP contribution in [0.1, 0.15) is 47.7 Å². The molecule has 0 radical (unpaired) electrons. The van der Waals surface area contributed by atoms with Gasteiger partial charge in [0.05, 0.1) is 18.7 Å².